The summed E-state index contributed by atoms with van der Waals surface area (Å²) < 4.78 is 14.5. The Morgan fingerprint density at radius 2 is 2.00 bits per heavy atom. The number of hydrogen-bond donors (Lipinski definition) is 1. The van der Waals surface area contributed by atoms with Crippen molar-refractivity contribution in [3.05, 3.63) is 63.4 Å². The molecule has 3 nitrogen and oxygen atoms in total. The molecule has 1 aliphatic rings. The molecule has 6 heteroatoms. The van der Waals surface area contributed by atoms with E-state index in [9.17, 15) is 9.18 Å². The number of carbonyl (C=O) groups is 1. The summed E-state index contributed by atoms with van der Waals surface area (Å²) in [5.74, 6) is 1.40. The molecule has 0 spiro atoms. The molecule has 1 heterocycles. The number of benzene rings is 2. The van der Waals surface area contributed by atoms with Gasteiger partial charge in [0, 0.05) is 41.3 Å². The van der Waals surface area contributed by atoms with Crippen LogP contribution >= 0.6 is 27.7 Å². The lowest BCUT2D eigenvalue weighted by atomic mass is 10.1. The van der Waals surface area contributed by atoms with E-state index in [1.807, 2.05) is 30.8 Å². The fourth-order valence-corrected chi connectivity index (χ4v) is 4.18. The Morgan fingerprint density at radius 3 is 2.72 bits per heavy atom. The van der Waals surface area contributed by atoms with Gasteiger partial charge in [-0.3, -0.25) is 9.69 Å². The lowest BCUT2D eigenvalue weighted by molar-refractivity contribution is 0.102. The van der Waals surface area contributed by atoms with Gasteiger partial charge in [0.25, 0.3) is 5.91 Å². The molecule has 132 valence electrons. The average molecular weight is 423 g/mol. The lowest BCUT2D eigenvalue weighted by Gasteiger charge is -2.26. The number of hydrogen-bond acceptors (Lipinski definition) is 3. The minimum Gasteiger partial charge on any atom is -0.322 e. The van der Waals surface area contributed by atoms with Crippen molar-refractivity contribution in [2.75, 3.05) is 29.9 Å². The Bertz CT molecular complexity index is 778. The minimum absolute atomic E-state index is 0.0312. The summed E-state index contributed by atoms with van der Waals surface area (Å²) in [5.41, 5.74) is 2.95. The monoisotopic (exact) mass is 422 g/mol. The fraction of sp³-hybridized carbons (Fsp3) is 0.316. The number of carbonyl (C=O) groups excluding carboxylic acids is 1. The lowest BCUT2D eigenvalue weighted by Crippen LogP contribution is -2.31. The third kappa shape index (κ3) is 4.84. The first kappa shape index (κ1) is 18.4. The van der Waals surface area contributed by atoms with E-state index >= 15 is 0 Å². The maximum Gasteiger partial charge on any atom is 0.258 e. The number of nitrogens with zero attached hydrogens (tertiary/aromatic N) is 1. The SMILES string of the molecule is Cc1cc(CN2CCSCC2)ccc1NC(=O)c1cc(Br)ccc1F. The normalized spacial score (nSPS) is 15.2. The molecule has 0 aromatic heterocycles. The van der Waals surface area contributed by atoms with Gasteiger partial charge in [0.1, 0.15) is 5.82 Å². The summed E-state index contributed by atoms with van der Waals surface area (Å²) >= 11 is 5.27. The van der Waals surface area contributed by atoms with Crippen molar-refractivity contribution < 1.29 is 9.18 Å². The summed E-state index contributed by atoms with van der Waals surface area (Å²) in [6.07, 6.45) is 0. The van der Waals surface area contributed by atoms with Crippen LogP contribution in [0, 0.1) is 12.7 Å². The Morgan fingerprint density at radius 1 is 1.24 bits per heavy atom. The van der Waals surface area contributed by atoms with Crippen molar-refractivity contribution in [1.29, 1.82) is 0 Å². The maximum absolute atomic E-state index is 13.9. The van der Waals surface area contributed by atoms with Gasteiger partial charge in [0.2, 0.25) is 0 Å². The van der Waals surface area contributed by atoms with E-state index in [4.69, 9.17) is 0 Å². The van der Waals surface area contributed by atoms with Gasteiger partial charge in [0.15, 0.2) is 0 Å². The standard InChI is InChI=1S/C19H20BrFN2OS/c1-13-10-14(12-23-6-8-25-9-7-23)2-5-18(13)22-19(24)16-11-15(20)3-4-17(16)21/h2-5,10-11H,6-9,12H2,1H3,(H,22,24). The molecule has 0 atom stereocenters. The zero-order chi connectivity index (χ0) is 17.8. The maximum atomic E-state index is 13.9. The molecule has 0 unspecified atom stereocenters. The molecular weight excluding hydrogens is 403 g/mol. The molecule has 2 aromatic rings. The Hall–Kier alpha value is -1.37. The number of rotatable bonds is 4. The van der Waals surface area contributed by atoms with Gasteiger partial charge in [-0.05, 0) is 42.3 Å². The number of anilines is 1. The van der Waals surface area contributed by atoms with E-state index in [1.165, 1.54) is 29.2 Å². The van der Waals surface area contributed by atoms with Crippen LogP contribution in [0.2, 0.25) is 0 Å². The van der Waals surface area contributed by atoms with E-state index in [2.05, 4.69) is 32.2 Å². The summed E-state index contributed by atoms with van der Waals surface area (Å²) in [6.45, 7) is 5.12. The van der Waals surface area contributed by atoms with Crippen LogP contribution in [0.1, 0.15) is 21.5 Å². The molecule has 0 radical (unpaired) electrons. The molecule has 0 bridgehead atoms. The largest absolute Gasteiger partial charge is 0.322 e. The number of thioether (sulfide) groups is 1. The Labute approximate surface area is 160 Å². The third-order valence-electron chi connectivity index (χ3n) is 4.22. The fourth-order valence-electron chi connectivity index (χ4n) is 2.84. The zero-order valence-electron chi connectivity index (χ0n) is 14.0. The van der Waals surface area contributed by atoms with Crippen LogP contribution in [0.25, 0.3) is 0 Å². The van der Waals surface area contributed by atoms with Crippen molar-refractivity contribution in [2.45, 2.75) is 13.5 Å². The third-order valence-corrected chi connectivity index (χ3v) is 5.66. The van der Waals surface area contributed by atoms with Gasteiger partial charge < -0.3 is 5.32 Å². The Kier molecular flexibility index (Phi) is 6.15. The highest BCUT2D eigenvalue weighted by Crippen LogP contribution is 2.21. The van der Waals surface area contributed by atoms with Gasteiger partial charge >= 0.3 is 0 Å². The van der Waals surface area contributed by atoms with Crippen LogP contribution in [0.4, 0.5) is 10.1 Å². The summed E-state index contributed by atoms with van der Waals surface area (Å²) in [5, 5.41) is 2.81. The van der Waals surface area contributed by atoms with Gasteiger partial charge in [-0.15, -0.1) is 0 Å². The van der Waals surface area contributed by atoms with Gasteiger partial charge in [-0.1, -0.05) is 28.1 Å². The number of halogens is 2. The van der Waals surface area contributed by atoms with Crippen LogP contribution in [-0.4, -0.2) is 35.4 Å². The molecule has 1 saturated heterocycles. The van der Waals surface area contributed by atoms with E-state index in [0.29, 0.717) is 10.2 Å². The molecule has 1 fully saturated rings. The number of aryl methyl sites for hydroxylation is 1. The molecular formula is C19H20BrFN2OS. The molecule has 2 aromatic carbocycles. The molecule has 1 aliphatic heterocycles. The van der Waals surface area contributed by atoms with Crippen LogP contribution in [-0.2, 0) is 6.54 Å². The van der Waals surface area contributed by atoms with Crippen molar-refractivity contribution in [1.82, 2.24) is 4.90 Å². The van der Waals surface area contributed by atoms with E-state index in [-0.39, 0.29) is 5.56 Å². The highest BCUT2D eigenvalue weighted by molar-refractivity contribution is 9.10. The number of amides is 1. The van der Waals surface area contributed by atoms with E-state index in [1.54, 1.807) is 6.07 Å². The van der Waals surface area contributed by atoms with Crippen molar-refractivity contribution in [2.24, 2.45) is 0 Å². The molecule has 0 aliphatic carbocycles. The second kappa shape index (κ2) is 8.34. The van der Waals surface area contributed by atoms with Crippen LogP contribution in [0.5, 0.6) is 0 Å². The topological polar surface area (TPSA) is 32.3 Å². The zero-order valence-corrected chi connectivity index (χ0v) is 16.4. The van der Waals surface area contributed by atoms with E-state index in [0.717, 1.165) is 25.2 Å². The molecule has 3 rings (SSSR count). The number of nitrogens with one attached hydrogen (secondary N) is 1. The summed E-state index contributed by atoms with van der Waals surface area (Å²) in [4.78, 5) is 14.8. The van der Waals surface area contributed by atoms with Gasteiger partial charge in [0.05, 0.1) is 5.56 Å². The molecule has 1 amide bonds. The minimum atomic E-state index is -0.530. The van der Waals surface area contributed by atoms with Gasteiger partial charge in [-0.25, -0.2) is 4.39 Å². The highest BCUT2D eigenvalue weighted by Gasteiger charge is 2.15. The first-order chi connectivity index (χ1) is 12.0. The van der Waals surface area contributed by atoms with Crippen LogP contribution < -0.4 is 5.32 Å². The molecule has 0 saturated carbocycles. The molecule has 1 N–H and O–H groups in total. The van der Waals surface area contributed by atoms with Crippen LogP contribution in [0.15, 0.2) is 40.9 Å². The van der Waals surface area contributed by atoms with Gasteiger partial charge in [-0.2, -0.15) is 11.8 Å². The average Bonchev–Trinajstić information content (AvgIpc) is 2.60. The quantitative estimate of drug-likeness (QED) is 0.774. The Balaban J connectivity index is 1.70. The predicted octanol–water partition coefficient (Wildman–Crippen LogP) is 4.70. The van der Waals surface area contributed by atoms with Crippen molar-refractivity contribution in [3.8, 4) is 0 Å². The summed E-state index contributed by atoms with van der Waals surface area (Å²) in [7, 11) is 0. The second-order valence-electron chi connectivity index (χ2n) is 6.12. The molecule has 25 heavy (non-hydrogen) atoms. The first-order valence-electron chi connectivity index (χ1n) is 8.19. The van der Waals surface area contributed by atoms with Crippen LogP contribution in [0.3, 0.4) is 0 Å². The smallest absolute Gasteiger partial charge is 0.258 e. The van der Waals surface area contributed by atoms with Crippen molar-refractivity contribution >= 4 is 39.3 Å². The second-order valence-corrected chi connectivity index (χ2v) is 8.26. The van der Waals surface area contributed by atoms with Crippen molar-refractivity contribution in [3.63, 3.8) is 0 Å². The first-order valence-corrected chi connectivity index (χ1v) is 10.1. The predicted molar refractivity (Wildman–Crippen MR) is 106 cm³/mol. The summed E-state index contributed by atoms with van der Waals surface area (Å²) in [6, 6.07) is 10.4. The van der Waals surface area contributed by atoms with E-state index < -0.39 is 11.7 Å². The highest BCUT2D eigenvalue weighted by atomic mass is 79.9.